The van der Waals surface area contributed by atoms with Crippen LogP contribution in [0.15, 0.2) is 18.2 Å². The van der Waals surface area contributed by atoms with Gasteiger partial charge in [-0.25, -0.2) is 0 Å². The second-order valence-electron chi connectivity index (χ2n) is 4.40. The second kappa shape index (κ2) is 9.47. The van der Waals surface area contributed by atoms with Gasteiger partial charge in [0.05, 0.1) is 5.02 Å². The molecule has 1 aromatic rings. The van der Waals surface area contributed by atoms with E-state index in [4.69, 9.17) is 27.9 Å². The molecular weight excluding hydrogens is 315 g/mol. The highest BCUT2D eigenvalue weighted by Gasteiger charge is 2.06. The number of hydrogen-bond donors (Lipinski definition) is 2. The van der Waals surface area contributed by atoms with Gasteiger partial charge in [0.1, 0.15) is 5.75 Å². The summed E-state index contributed by atoms with van der Waals surface area (Å²) in [6, 6.07) is 4.81. The SMILES string of the molecule is CC(=O)NCCCCNC(=O)COc1ccc(Cl)cc1Cl. The molecule has 0 aliphatic heterocycles. The van der Waals surface area contributed by atoms with Crippen LogP contribution in [-0.4, -0.2) is 31.5 Å². The first-order valence-electron chi connectivity index (χ1n) is 6.58. The van der Waals surface area contributed by atoms with Crippen LogP contribution < -0.4 is 15.4 Å². The van der Waals surface area contributed by atoms with Gasteiger partial charge >= 0.3 is 0 Å². The van der Waals surface area contributed by atoms with Gasteiger partial charge in [-0.1, -0.05) is 23.2 Å². The maximum absolute atomic E-state index is 11.6. The first-order valence-corrected chi connectivity index (χ1v) is 7.33. The van der Waals surface area contributed by atoms with Crippen LogP contribution in [-0.2, 0) is 9.59 Å². The van der Waals surface area contributed by atoms with Crippen LogP contribution >= 0.6 is 23.2 Å². The van der Waals surface area contributed by atoms with E-state index in [-0.39, 0.29) is 18.4 Å². The number of unbranched alkanes of at least 4 members (excludes halogenated alkanes) is 1. The van der Waals surface area contributed by atoms with E-state index in [9.17, 15) is 9.59 Å². The summed E-state index contributed by atoms with van der Waals surface area (Å²) in [7, 11) is 0. The van der Waals surface area contributed by atoms with Crippen LogP contribution in [0.4, 0.5) is 0 Å². The van der Waals surface area contributed by atoms with Gasteiger partial charge in [0.2, 0.25) is 5.91 Å². The molecule has 0 atom stereocenters. The Labute approximate surface area is 133 Å². The number of carbonyl (C=O) groups is 2. The predicted molar refractivity (Wildman–Crippen MR) is 82.9 cm³/mol. The van der Waals surface area contributed by atoms with E-state index < -0.39 is 0 Å². The Balaban J connectivity index is 2.15. The molecule has 116 valence electrons. The fraction of sp³-hybridized carbons (Fsp3) is 0.429. The molecule has 2 N–H and O–H groups in total. The van der Waals surface area contributed by atoms with E-state index in [0.29, 0.717) is 28.9 Å². The zero-order valence-corrected chi connectivity index (χ0v) is 13.3. The zero-order chi connectivity index (χ0) is 15.7. The van der Waals surface area contributed by atoms with Crippen LogP contribution in [0.5, 0.6) is 5.75 Å². The molecule has 5 nitrogen and oxygen atoms in total. The quantitative estimate of drug-likeness (QED) is 0.718. The smallest absolute Gasteiger partial charge is 0.257 e. The van der Waals surface area contributed by atoms with Crippen molar-refractivity contribution in [1.82, 2.24) is 10.6 Å². The molecule has 0 aliphatic carbocycles. The first kappa shape index (κ1) is 17.6. The zero-order valence-electron chi connectivity index (χ0n) is 11.7. The minimum atomic E-state index is -0.222. The highest BCUT2D eigenvalue weighted by molar-refractivity contribution is 6.35. The molecule has 0 spiro atoms. The van der Waals surface area contributed by atoms with Crippen LogP contribution in [0, 0.1) is 0 Å². The number of nitrogens with one attached hydrogen (secondary N) is 2. The van der Waals surface area contributed by atoms with Crippen molar-refractivity contribution in [2.75, 3.05) is 19.7 Å². The van der Waals surface area contributed by atoms with E-state index in [0.717, 1.165) is 12.8 Å². The summed E-state index contributed by atoms with van der Waals surface area (Å²) in [6.45, 7) is 2.52. The van der Waals surface area contributed by atoms with Crippen LogP contribution in [0.25, 0.3) is 0 Å². The Morgan fingerprint density at radius 2 is 1.81 bits per heavy atom. The van der Waals surface area contributed by atoms with Gasteiger partial charge in [0.25, 0.3) is 5.91 Å². The van der Waals surface area contributed by atoms with E-state index in [2.05, 4.69) is 10.6 Å². The van der Waals surface area contributed by atoms with Gasteiger partial charge in [0.15, 0.2) is 6.61 Å². The predicted octanol–water partition coefficient (Wildman–Crippen LogP) is 2.40. The Morgan fingerprint density at radius 1 is 1.14 bits per heavy atom. The monoisotopic (exact) mass is 332 g/mol. The molecule has 0 aliphatic rings. The number of amides is 2. The van der Waals surface area contributed by atoms with Gasteiger partial charge in [-0.05, 0) is 31.0 Å². The van der Waals surface area contributed by atoms with Gasteiger partial charge < -0.3 is 15.4 Å². The fourth-order valence-electron chi connectivity index (χ4n) is 1.53. The molecule has 0 bridgehead atoms. The molecule has 0 heterocycles. The minimum absolute atomic E-state index is 0.0488. The number of halogens is 2. The highest BCUT2D eigenvalue weighted by Crippen LogP contribution is 2.27. The Kier molecular flexibility index (Phi) is 7.93. The fourth-order valence-corrected chi connectivity index (χ4v) is 1.99. The Morgan fingerprint density at radius 3 is 2.43 bits per heavy atom. The lowest BCUT2D eigenvalue weighted by Crippen LogP contribution is -2.30. The molecule has 0 saturated heterocycles. The van der Waals surface area contributed by atoms with Crippen molar-refractivity contribution >= 4 is 35.0 Å². The van der Waals surface area contributed by atoms with Crippen molar-refractivity contribution in [3.05, 3.63) is 28.2 Å². The number of benzene rings is 1. The minimum Gasteiger partial charge on any atom is -0.482 e. The molecule has 1 rings (SSSR count). The van der Waals surface area contributed by atoms with E-state index in [1.54, 1.807) is 18.2 Å². The summed E-state index contributed by atoms with van der Waals surface area (Å²) in [4.78, 5) is 22.2. The summed E-state index contributed by atoms with van der Waals surface area (Å²) < 4.78 is 5.30. The normalized spacial score (nSPS) is 10.0. The van der Waals surface area contributed by atoms with Gasteiger partial charge in [-0.2, -0.15) is 0 Å². The van der Waals surface area contributed by atoms with Crippen LogP contribution in [0.3, 0.4) is 0 Å². The van der Waals surface area contributed by atoms with Gasteiger partial charge in [0, 0.05) is 25.0 Å². The van der Waals surface area contributed by atoms with Gasteiger partial charge in [-0.3, -0.25) is 9.59 Å². The number of hydrogen-bond acceptors (Lipinski definition) is 3. The van der Waals surface area contributed by atoms with Crippen molar-refractivity contribution < 1.29 is 14.3 Å². The lowest BCUT2D eigenvalue weighted by molar-refractivity contribution is -0.123. The molecular formula is C14H18Cl2N2O3. The average molecular weight is 333 g/mol. The molecule has 2 amide bonds. The summed E-state index contributed by atoms with van der Waals surface area (Å²) in [6.07, 6.45) is 1.59. The number of rotatable bonds is 8. The van der Waals surface area contributed by atoms with Crippen molar-refractivity contribution in [2.24, 2.45) is 0 Å². The largest absolute Gasteiger partial charge is 0.482 e. The Hall–Kier alpha value is -1.46. The molecule has 21 heavy (non-hydrogen) atoms. The molecule has 1 aromatic carbocycles. The summed E-state index contributed by atoms with van der Waals surface area (Å²) in [5.74, 6) is 0.148. The molecule has 0 unspecified atom stereocenters. The number of carbonyl (C=O) groups excluding carboxylic acids is 2. The number of ether oxygens (including phenoxy) is 1. The van der Waals surface area contributed by atoms with Crippen LogP contribution in [0.2, 0.25) is 10.0 Å². The lowest BCUT2D eigenvalue weighted by atomic mass is 10.3. The van der Waals surface area contributed by atoms with Crippen molar-refractivity contribution in [3.63, 3.8) is 0 Å². The topological polar surface area (TPSA) is 67.4 Å². The Bertz CT molecular complexity index is 495. The maximum atomic E-state index is 11.6. The summed E-state index contributed by atoms with van der Waals surface area (Å²) in [5.41, 5.74) is 0. The third-order valence-electron chi connectivity index (χ3n) is 2.55. The van der Waals surface area contributed by atoms with E-state index >= 15 is 0 Å². The van der Waals surface area contributed by atoms with E-state index in [1.165, 1.54) is 6.92 Å². The van der Waals surface area contributed by atoms with Crippen molar-refractivity contribution in [1.29, 1.82) is 0 Å². The molecule has 0 saturated carbocycles. The lowest BCUT2D eigenvalue weighted by Gasteiger charge is -2.09. The second-order valence-corrected chi connectivity index (χ2v) is 5.25. The maximum Gasteiger partial charge on any atom is 0.257 e. The average Bonchev–Trinajstić information content (AvgIpc) is 2.41. The van der Waals surface area contributed by atoms with Crippen LogP contribution in [0.1, 0.15) is 19.8 Å². The third-order valence-corrected chi connectivity index (χ3v) is 3.08. The van der Waals surface area contributed by atoms with Crippen molar-refractivity contribution in [2.45, 2.75) is 19.8 Å². The van der Waals surface area contributed by atoms with Crippen molar-refractivity contribution in [3.8, 4) is 5.75 Å². The van der Waals surface area contributed by atoms with Gasteiger partial charge in [-0.15, -0.1) is 0 Å². The molecule has 0 radical (unpaired) electrons. The third kappa shape index (κ3) is 7.78. The molecule has 0 aromatic heterocycles. The summed E-state index contributed by atoms with van der Waals surface area (Å²) >= 11 is 11.7. The molecule has 0 fully saturated rings. The molecule has 7 heteroatoms. The first-order chi connectivity index (χ1) is 9.99. The summed E-state index contributed by atoms with van der Waals surface area (Å²) in [5, 5.41) is 6.29. The highest BCUT2D eigenvalue weighted by atomic mass is 35.5. The van der Waals surface area contributed by atoms with E-state index in [1.807, 2.05) is 0 Å². The standard InChI is InChI=1S/C14H18Cl2N2O3/c1-10(19)17-6-2-3-7-18-14(20)9-21-13-5-4-11(15)8-12(13)16/h4-5,8H,2-3,6-7,9H2,1H3,(H,17,19)(H,18,20).